The number of esters is 1. The number of anilines is 1. The summed E-state index contributed by atoms with van der Waals surface area (Å²) in [5, 5.41) is 2.40. The number of aromatic nitrogens is 1. The molecule has 0 aliphatic rings. The first kappa shape index (κ1) is 15.4. The van der Waals surface area contributed by atoms with Crippen molar-refractivity contribution in [3.05, 3.63) is 27.1 Å². The van der Waals surface area contributed by atoms with Crippen molar-refractivity contribution in [3.63, 3.8) is 0 Å². The summed E-state index contributed by atoms with van der Waals surface area (Å²) in [6, 6.07) is -0.891. The van der Waals surface area contributed by atoms with E-state index in [1.54, 1.807) is 0 Å². The predicted molar refractivity (Wildman–Crippen MR) is 72.6 cm³/mol. The number of nitrogens with two attached hydrogens (primary N) is 1. The first-order valence-electron chi connectivity index (χ1n) is 5.45. The zero-order chi connectivity index (χ0) is 14.4. The molecule has 8 heteroatoms. The van der Waals surface area contributed by atoms with Crippen LogP contribution in [0, 0.1) is 0 Å². The Balaban J connectivity index is 2.62. The van der Waals surface area contributed by atoms with Crippen molar-refractivity contribution >= 4 is 33.5 Å². The zero-order valence-corrected chi connectivity index (χ0v) is 11.8. The van der Waals surface area contributed by atoms with Gasteiger partial charge in [-0.25, -0.2) is 0 Å². The quantitative estimate of drug-likeness (QED) is 0.674. The fraction of sp³-hybridized carbons (Fsp3) is 0.364. The van der Waals surface area contributed by atoms with Crippen molar-refractivity contribution in [1.82, 2.24) is 4.98 Å². The largest absolute Gasteiger partial charge is 0.469 e. The average Bonchev–Trinajstić information content (AvgIpc) is 2.40. The Kier molecular flexibility index (Phi) is 5.71. The predicted octanol–water partition coefficient (Wildman–Crippen LogP) is 0.356. The van der Waals surface area contributed by atoms with Crippen LogP contribution in [0.15, 0.2) is 21.7 Å². The van der Waals surface area contributed by atoms with Crippen LogP contribution in [0.3, 0.4) is 0 Å². The maximum absolute atomic E-state index is 11.7. The first-order valence-corrected chi connectivity index (χ1v) is 6.25. The molecule has 4 N–H and O–H groups in total. The smallest absolute Gasteiger partial charge is 0.305 e. The van der Waals surface area contributed by atoms with Crippen molar-refractivity contribution < 1.29 is 14.3 Å². The first-order chi connectivity index (χ1) is 8.95. The van der Waals surface area contributed by atoms with Gasteiger partial charge in [-0.3, -0.25) is 14.4 Å². The van der Waals surface area contributed by atoms with E-state index < -0.39 is 17.9 Å². The zero-order valence-electron chi connectivity index (χ0n) is 10.2. The van der Waals surface area contributed by atoms with Crippen molar-refractivity contribution in [2.24, 2.45) is 5.73 Å². The van der Waals surface area contributed by atoms with Crippen LogP contribution in [0.25, 0.3) is 0 Å². The molecule has 1 amide bonds. The number of halogens is 1. The second-order valence-electron chi connectivity index (χ2n) is 3.76. The van der Waals surface area contributed by atoms with Gasteiger partial charge in [-0.1, -0.05) is 0 Å². The number of methoxy groups -OCH3 is 1. The maximum Gasteiger partial charge on any atom is 0.305 e. The van der Waals surface area contributed by atoms with Crippen molar-refractivity contribution in [2.75, 3.05) is 12.4 Å². The summed E-state index contributed by atoms with van der Waals surface area (Å²) < 4.78 is 4.75. The molecular formula is C11H14BrN3O4. The van der Waals surface area contributed by atoms with E-state index in [1.807, 2.05) is 0 Å². The Morgan fingerprint density at radius 1 is 1.53 bits per heavy atom. The number of rotatable bonds is 5. The Hall–Kier alpha value is -1.67. The van der Waals surface area contributed by atoms with E-state index in [9.17, 15) is 14.4 Å². The lowest BCUT2D eigenvalue weighted by atomic mass is 10.1. The summed E-state index contributed by atoms with van der Waals surface area (Å²) in [4.78, 5) is 37.0. The minimum Gasteiger partial charge on any atom is -0.469 e. The van der Waals surface area contributed by atoms with Crippen molar-refractivity contribution in [3.8, 4) is 0 Å². The van der Waals surface area contributed by atoms with Gasteiger partial charge in [0.05, 0.1) is 17.6 Å². The Morgan fingerprint density at radius 2 is 2.21 bits per heavy atom. The molecular weight excluding hydrogens is 318 g/mol. The highest BCUT2D eigenvalue weighted by Gasteiger charge is 2.17. The fourth-order valence-corrected chi connectivity index (χ4v) is 1.63. The third-order valence-electron chi connectivity index (χ3n) is 2.38. The normalized spacial score (nSPS) is 11.7. The number of pyridine rings is 1. The number of H-pyrrole nitrogens is 1. The Labute approximate surface area is 117 Å². The van der Waals surface area contributed by atoms with E-state index >= 15 is 0 Å². The average molecular weight is 332 g/mol. The van der Waals surface area contributed by atoms with Gasteiger partial charge in [0.25, 0.3) is 0 Å². The summed E-state index contributed by atoms with van der Waals surface area (Å²) >= 11 is 3.04. The van der Waals surface area contributed by atoms with Crippen LogP contribution in [0.2, 0.25) is 0 Å². The molecule has 104 valence electrons. The van der Waals surface area contributed by atoms with Crippen LogP contribution in [-0.2, 0) is 14.3 Å². The van der Waals surface area contributed by atoms with Gasteiger partial charge >= 0.3 is 5.97 Å². The summed E-state index contributed by atoms with van der Waals surface area (Å²) in [5.74, 6) is -0.976. The number of nitrogens with one attached hydrogen (secondary N) is 2. The van der Waals surface area contributed by atoms with Crippen LogP contribution in [0.1, 0.15) is 12.8 Å². The molecule has 1 heterocycles. The second-order valence-corrected chi connectivity index (χ2v) is 4.61. The van der Waals surface area contributed by atoms with Gasteiger partial charge in [0, 0.05) is 18.8 Å². The van der Waals surface area contributed by atoms with Crippen LogP contribution < -0.4 is 16.5 Å². The molecule has 0 saturated heterocycles. The lowest BCUT2D eigenvalue weighted by Crippen LogP contribution is -2.37. The molecule has 7 nitrogen and oxygen atoms in total. The molecule has 1 aromatic rings. The number of hydrogen-bond acceptors (Lipinski definition) is 5. The molecule has 0 saturated carbocycles. The number of ether oxygens (including phenoxy) is 1. The molecule has 0 aromatic carbocycles. The molecule has 1 rings (SSSR count). The molecule has 1 atom stereocenters. The third-order valence-corrected chi connectivity index (χ3v) is 2.97. The molecule has 0 radical (unpaired) electrons. The van der Waals surface area contributed by atoms with Gasteiger partial charge in [0.2, 0.25) is 11.3 Å². The molecule has 0 spiro atoms. The summed E-state index contributed by atoms with van der Waals surface area (Å²) in [6.45, 7) is 0. The highest BCUT2D eigenvalue weighted by molar-refractivity contribution is 9.10. The van der Waals surface area contributed by atoms with Gasteiger partial charge in [-0.05, 0) is 22.4 Å². The fourth-order valence-electron chi connectivity index (χ4n) is 1.28. The number of hydrogen-bond donors (Lipinski definition) is 3. The minimum absolute atomic E-state index is 0.0416. The Bertz CT molecular complexity index is 529. The van der Waals surface area contributed by atoms with Gasteiger partial charge in [0.15, 0.2) is 0 Å². The monoisotopic (exact) mass is 331 g/mol. The van der Waals surface area contributed by atoms with E-state index in [0.717, 1.165) is 0 Å². The lowest BCUT2D eigenvalue weighted by molar-refractivity contribution is -0.140. The molecule has 19 heavy (non-hydrogen) atoms. The van der Waals surface area contributed by atoms with E-state index in [4.69, 9.17) is 5.73 Å². The maximum atomic E-state index is 11.7. The van der Waals surface area contributed by atoms with Crippen molar-refractivity contribution in [1.29, 1.82) is 0 Å². The van der Waals surface area contributed by atoms with Gasteiger partial charge in [-0.2, -0.15) is 0 Å². The number of amides is 1. The van der Waals surface area contributed by atoms with E-state index in [-0.39, 0.29) is 24.0 Å². The van der Waals surface area contributed by atoms with Crippen LogP contribution in [0.4, 0.5) is 5.69 Å². The molecule has 1 unspecified atom stereocenters. The highest BCUT2D eigenvalue weighted by atomic mass is 79.9. The van der Waals surface area contributed by atoms with Gasteiger partial charge in [-0.15, -0.1) is 0 Å². The van der Waals surface area contributed by atoms with Crippen LogP contribution in [-0.4, -0.2) is 30.0 Å². The summed E-state index contributed by atoms with van der Waals surface area (Å²) in [7, 11) is 1.26. The molecule has 0 aliphatic carbocycles. The van der Waals surface area contributed by atoms with Crippen LogP contribution >= 0.6 is 15.9 Å². The van der Waals surface area contributed by atoms with E-state index in [2.05, 4.69) is 31.0 Å². The van der Waals surface area contributed by atoms with Gasteiger partial charge in [0.1, 0.15) is 5.69 Å². The van der Waals surface area contributed by atoms with E-state index in [1.165, 1.54) is 19.5 Å². The highest BCUT2D eigenvalue weighted by Crippen LogP contribution is 2.06. The van der Waals surface area contributed by atoms with Crippen molar-refractivity contribution in [2.45, 2.75) is 18.9 Å². The SMILES string of the molecule is COC(=O)CCC(N)C(=O)Nc1c[nH]cc(Br)c1=O. The molecule has 1 aromatic heterocycles. The minimum atomic E-state index is -0.891. The Morgan fingerprint density at radius 3 is 2.84 bits per heavy atom. The van der Waals surface area contributed by atoms with Gasteiger partial charge < -0.3 is 20.8 Å². The number of carbonyl (C=O) groups is 2. The molecule has 0 aliphatic heterocycles. The molecule has 0 fully saturated rings. The third kappa shape index (κ3) is 4.49. The number of aromatic amines is 1. The lowest BCUT2D eigenvalue weighted by Gasteiger charge is -2.11. The topological polar surface area (TPSA) is 114 Å². The molecule has 0 bridgehead atoms. The van der Waals surface area contributed by atoms with Crippen LogP contribution in [0.5, 0.6) is 0 Å². The summed E-state index contributed by atoms with van der Waals surface area (Å²) in [5.41, 5.74) is 5.35. The number of carbonyl (C=O) groups excluding carboxylic acids is 2. The second kappa shape index (κ2) is 7.05. The van der Waals surface area contributed by atoms with E-state index in [0.29, 0.717) is 4.47 Å². The summed E-state index contributed by atoms with van der Waals surface area (Å²) in [6.07, 6.45) is 3.00. The standard InChI is InChI=1S/C11H14BrN3O4/c1-19-9(16)3-2-7(13)11(18)15-8-5-14-4-6(12)10(8)17/h4-5,7H,2-3,13H2,1H3,(H,14,17)(H,15,18).